The molecule has 4 nitrogen and oxygen atoms in total. The van der Waals surface area contributed by atoms with Gasteiger partial charge in [0.1, 0.15) is 5.76 Å². The minimum atomic E-state index is -0.822. The molecule has 1 aromatic carbocycles. The molecule has 1 aliphatic rings. The second-order valence-corrected chi connectivity index (χ2v) is 7.48. The van der Waals surface area contributed by atoms with Gasteiger partial charge in [-0.2, -0.15) is 0 Å². The van der Waals surface area contributed by atoms with E-state index in [2.05, 4.69) is 30.5 Å². The summed E-state index contributed by atoms with van der Waals surface area (Å²) in [6, 6.07) is 13.9. The molecule has 1 N–H and O–H groups in total. The van der Waals surface area contributed by atoms with Gasteiger partial charge in [-0.3, -0.25) is 4.79 Å². The van der Waals surface area contributed by atoms with Crippen LogP contribution in [0.3, 0.4) is 0 Å². The van der Waals surface area contributed by atoms with Gasteiger partial charge in [0.05, 0.1) is 12.7 Å². The maximum Gasteiger partial charge on any atom is 0.309 e. The van der Waals surface area contributed by atoms with Gasteiger partial charge in [-0.05, 0) is 29.5 Å². The van der Waals surface area contributed by atoms with Crippen molar-refractivity contribution in [3.8, 4) is 22.5 Å². The summed E-state index contributed by atoms with van der Waals surface area (Å²) in [6.07, 6.45) is 2.55. The maximum absolute atomic E-state index is 11.6. The molecule has 1 aliphatic heterocycles. The molecule has 0 aliphatic carbocycles. The molecule has 2 aromatic heterocycles. The van der Waals surface area contributed by atoms with E-state index in [1.54, 1.807) is 6.26 Å². The molecule has 0 unspecified atom stereocenters. The van der Waals surface area contributed by atoms with Crippen LogP contribution in [-0.4, -0.2) is 15.6 Å². The highest BCUT2D eigenvalue weighted by atomic mass is 16.4. The molecule has 4 rings (SSSR count). The number of carboxylic acid groups (broad SMARTS) is 1. The number of nitrogens with zero attached hydrogens (tertiary/aromatic N) is 1. The molecule has 25 heavy (non-hydrogen) atoms. The second-order valence-electron chi connectivity index (χ2n) is 7.48. The van der Waals surface area contributed by atoms with Gasteiger partial charge in [0.15, 0.2) is 0 Å². The molecule has 0 atom stereocenters. The van der Waals surface area contributed by atoms with E-state index >= 15 is 0 Å². The molecule has 0 bridgehead atoms. The zero-order valence-electron chi connectivity index (χ0n) is 14.5. The average Bonchev–Trinajstić information content (AvgIpc) is 3.23. The first-order valence-corrected chi connectivity index (χ1v) is 8.51. The van der Waals surface area contributed by atoms with Crippen LogP contribution in [0.2, 0.25) is 0 Å². The lowest BCUT2D eigenvalue weighted by atomic mass is 9.87. The van der Waals surface area contributed by atoms with Gasteiger partial charge in [0, 0.05) is 29.1 Å². The SMILES string of the molecule is CC1(C)Cc2c(-c3ccccc3)c(-c3ccco3)c(CC(=O)O)n2C1. The number of hydrogen-bond acceptors (Lipinski definition) is 2. The van der Waals surface area contributed by atoms with Crippen molar-refractivity contribution in [2.75, 3.05) is 0 Å². The van der Waals surface area contributed by atoms with Gasteiger partial charge in [0.2, 0.25) is 0 Å². The van der Waals surface area contributed by atoms with Crippen LogP contribution in [0.15, 0.2) is 53.1 Å². The Morgan fingerprint density at radius 2 is 1.92 bits per heavy atom. The van der Waals surface area contributed by atoms with Crippen molar-refractivity contribution in [2.24, 2.45) is 5.41 Å². The Morgan fingerprint density at radius 3 is 2.56 bits per heavy atom. The Kier molecular flexibility index (Phi) is 3.57. The number of carboxylic acids is 1. The third-order valence-electron chi connectivity index (χ3n) is 4.86. The van der Waals surface area contributed by atoms with Crippen LogP contribution in [0.4, 0.5) is 0 Å². The first-order valence-electron chi connectivity index (χ1n) is 8.51. The van der Waals surface area contributed by atoms with Gasteiger partial charge in [0.25, 0.3) is 0 Å². The van der Waals surface area contributed by atoms with Crippen LogP contribution in [0.5, 0.6) is 0 Å². The van der Waals surface area contributed by atoms with E-state index in [-0.39, 0.29) is 11.8 Å². The molecule has 3 aromatic rings. The quantitative estimate of drug-likeness (QED) is 0.756. The molecule has 0 radical (unpaired) electrons. The van der Waals surface area contributed by atoms with E-state index in [9.17, 15) is 9.90 Å². The first kappa shape index (κ1) is 15.8. The molecule has 0 spiro atoms. The highest BCUT2D eigenvalue weighted by molar-refractivity contribution is 5.88. The molecule has 4 heteroatoms. The van der Waals surface area contributed by atoms with Crippen molar-refractivity contribution in [3.05, 3.63) is 60.1 Å². The maximum atomic E-state index is 11.6. The number of rotatable bonds is 4. The smallest absolute Gasteiger partial charge is 0.309 e. The zero-order chi connectivity index (χ0) is 17.6. The number of aromatic nitrogens is 1. The Bertz CT molecular complexity index is 918. The van der Waals surface area contributed by atoms with Crippen molar-refractivity contribution in [3.63, 3.8) is 0 Å². The van der Waals surface area contributed by atoms with Crippen molar-refractivity contribution in [1.82, 2.24) is 4.57 Å². The average molecular weight is 335 g/mol. The Labute approximate surface area is 146 Å². The lowest BCUT2D eigenvalue weighted by Crippen LogP contribution is -2.15. The summed E-state index contributed by atoms with van der Waals surface area (Å²) in [5.74, 6) is -0.0905. The molecule has 0 fully saturated rings. The lowest BCUT2D eigenvalue weighted by Gasteiger charge is -2.18. The summed E-state index contributed by atoms with van der Waals surface area (Å²) in [4.78, 5) is 11.6. The van der Waals surface area contributed by atoms with E-state index in [0.717, 1.165) is 41.1 Å². The Hall–Kier alpha value is -2.75. The molecular formula is C21H21NO3. The minimum absolute atomic E-state index is 0.00799. The molecule has 0 saturated heterocycles. The van der Waals surface area contributed by atoms with Gasteiger partial charge in [-0.1, -0.05) is 44.2 Å². The third kappa shape index (κ3) is 2.68. The molecule has 0 saturated carbocycles. The van der Waals surface area contributed by atoms with Crippen LogP contribution in [0.1, 0.15) is 25.2 Å². The highest BCUT2D eigenvalue weighted by Gasteiger charge is 2.36. The summed E-state index contributed by atoms with van der Waals surface area (Å²) in [5.41, 5.74) is 5.29. The number of benzene rings is 1. The number of fused-ring (bicyclic) bond motifs is 1. The number of carbonyl (C=O) groups is 1. The van der Waals surface area contributed by atoms with Crippen LogP contribution >= 0.6 is 0 Å². The standard InChI is InChI=1S/C21H21NO3/c1-21(2)12-16-19(14-7-4-3-5-8-14)20(17-9-6-10-25-17)15(11-18(23)24)22(16)13-21/h3-10H,11-13H2,1-2H3,(H,23,24). The highest BCUT2D eigenvalue weighted by Crippen LogP contribution is 2.46. The first-order chi connectivity index (χ1) is 12.0. The zero-order valence-corrected chi connectivity index (χ0v) is 14.5. The van der Waals surface area contributed by atoms with E-state index in [1.165, 1.54) is 5.69 Å². The predicted octanol–water partition coefficient (Wildman–Crippen LogP) is 4.62. The van der Waals surface area contributed by atoms with Crippen molar-refractivity contribution in [2.45, 2.75) is 33.2 Å². The van der Waals surface area contributed by atoms with Crippen LogP contribution in [0.25, 0.3) is 22.5 Å². The summed E-state index contributed by atoms with van der Waals surface area (Å²) in [6.45, 7) is 5.28. The Morgan fingerprint density at radius 1 is 1.16 bits per heavy atom. The summed E-state index contributed by atoms with van der Waals surface area (Å²) >= 11 is 0. The second kappa shape index (κ2) is 5.66. The van der Waals surface area contributed by atoms with Crippen molar-refractivity contribution >= 4 is 5.97 Å². The number of aliphatic carboxylic acids is 1. The topological polar surface area (TPSA) is 55.4 Å². The third-order valence-corrected chi connectivity index (χ3v) is 4.86. The van der Waals surface area contributed by atoms with Crippen LogP contribution in [-0.2, 0) is 24.2 Å². The summed E-state index contributed by atoms with van der Waals surface area (Å²) in [7, 11) is 0. The van der Waals surface area contributed by atoms with E-state index in [4.69, 9.17) is 4.42 Å². The van der Waals surface area contributed by atoms with Crippen LogP contribution < -0.4 is 0 Å². The molecule has 3 heterocycles. The van der Waals surface area contributed by atoms with Gasteiger partial charge in [-0.15, -0.1) is 0 Å². The monoisotopic (exact) mass is 335 g/mol. The fourth-order valence-electron chi connectivity index (χ4n) is 3.96. The van der Waals surface area contributed by atoms with Gasteiger partial charge >= 0.3 is 5.97 Å². The Balaban J connectivity index is 2.03. The van der Waals surface area contributed by atoms with Crippen LogP contribution in [0, 0.1) is 5.41 Å². The number of furan rings is 1. The summed E-state index contributed by atoms with van der Waals surface area (Å²) in [5, 5.41) is 9.49. The molecule has 0 amide bonds. The normalized spacial score (nSPS) is 15.3. The van der Waals surface area contributed by atoms with Gasteiger partial charge in [-0.25, -0.2) is 0 Å². The van der Waals surface area contributed by atoms with Crippen molar-refractivity contribution < 1.29 is 14.3 Å². The minimum Gasteiger partial charge on any atom is -0.481 e. The van der Waals surface area contributed by atoms with E-state index < -0.39 is 5.97 Å². The number of hydrogen-bond donors (Lipinski definition) is 1. The van der Waals surface area contributed by atoms with E-state index in [0.29, 0.717) is 0 Å². The lowest BCUT2D eigenvalue weighted by molar-refractivity contribution is -0.136. The van der Waals surface area contributed by atoms with E-state index in [1.807, 2.05) is 30.3 Å². The summed E-state index contributed by atoms with van der Waals surface area (Å²) < 4.78 is 7.89. The van der Waals surface area contributed by atoms with Crippen molar-refractivity contribution in [1.29, 1.82) is 0 Å². The van der Waals surface area contributed by atoms with Gasteiger partial charge < -0.3 is 14.1 Å². The molecule has 128 valence electrons. The fraction of sp³-hybridized carbons (Fsp3) is 0.286. The predicted molar refractivity (Wildman–Crippen MR) is 96.4 cm³/mol. The fourth-order valence-corrected chi connectivity index (χ4v) is 3.96. The molecular weight excluding hydrogens is 314 g/mol. The largest absolute Gasteiger partial charge is 0.481 e.